The van der Waals surface area contributed by atoms with E-state index in [0.29, 0.717) is 30.2 Å². The molecule has 0 bridgehead atoms. The molecule has 0 aliphatic carbocycles. The molecule has 7 heteroatoms. The van der Waals surface area contributed by atoms with Crippen molar-refractivity contribution in [3.63, 3.8) is 0 Å². The molecule has 0 aromatic carbocycles. The Morgan fingerprint density at radius 3 is 2.32 bits per heavy atom. The average molecular weight is 398 g/mol. The van der Waals surface area contributed by atoms with E-state index < -0.39 is 0 Å². The van der Waals surface area contributed by atoms with Crippen LogP contribution in [0.15, 0.2) is 0 Å². The molecule has 2 heterocycles. The molecule has 5 nitrogen and oxygen atoms in total. The maximum absolute atomic E-state index is 12.3. The van der Waals surface area contributed by atoms with E-state index >= 15 is 0 Å². The van der Waals surface area contributed by atoms with Gasteiger partial charge in [0.2, 0.25) is 5.91 Å². The van der Waals surface area contributed by atoms with E-state index in [2.05, 4.69) is 36.3 Å². The second kappa shape index (κ2) is 13.2. The fourth-order valence-electron chi connectivity index (χ4n) is 3.86. The van der Waals surface area contributed by atoms with Gasteiger partial charge in [-0.3, -0.25) is 9.69 Å². The van der Waals surface area contributed by atoms with Crippen LogP contribution in [0, 0.1) is 17.8 Å². The lowest BCUT2D eigenvalue weighted by molar-refractivity contribution is -0.122. The minimum absolute atomic E-state index is 0. The molecule has 2 aliphatic rings. The zero-order valence-electron chi connectivity index (χ0n) is 16.0. The van der Waals surface area contributed by atoms with E-state index in [-0.39, 0.29) is 30.7 Å². The van der Waals surface area contributed by atoms with Crippen molar-refractivity contribution >= 4 is 30.7 Å². The highest BCUT2D eigenvalue weighted by Crippen LogP contribution is 2.24. The van der Waals surface area contributed by atoms with Crippen molar-refractivity contribution in [3.05, 3.63) is 0 Å². The molecule has 1 amide bonds. The van der Waals surface area contributed by atoms with Crippen molar-refractivity contribution < 1.29 is 9.53 Å². The molecule has 0 saturated carbocycles. The SMILES string of the molecule is CC(C)C(CNC(=O)CC(C)C1CCNCC1)N1CCOCC1.Cl.Cl. The summed E-state index contributed by atoms with van der Waals surface area (Å²) in [5.74, 6) is 1.94. The number of morpholine rings is 1. The lowest BCUT2D eigenvalue weighted by Crippen LogP contribution is -2.51. The quantitative estimate of drug-likeness (QED) is 0.691. The van der Waals surface area contributed by atoms with E-state index in [1.165, 1.54) is 12.8 Å². The third-order valence-corrected chi connectivity index (χ3v) is 5.49. The van der Waals surface area contributed by atoms with Crippen molar-refractivity contribution in [2.24, 2.45) is 17.8 Å². The van der Waals surface area contributed by atoms with Crippen molar-refractivity contribution in [1.82, 2.24) is 15.5 Å². The van der Waals surface area contributed by atoms with Gasteiger partial charge in [-0.2, -0.15) is 0 Å². The number of nitrogens with one attached hydrogen (secondary N) is 2. The molecule has 2 atom stereocenters. The van der Waals surface area contributed by atoms with Crippen LogP contribution in [0.25, 0.3) is 0 Å². The van der Waals surface area contributed by atoms with Crippen LogP contribution in [-0.2, 0) is 9.53 Å². The van der Waals surface area contributed by atoms with Crippen LogP contribution in [0.3, 0.4) is 0 Å². The van der Waals surface area contributed by atoms with E-state index in [0.717, 1.165) is 45.9 Å². The first-order chi connectivity index (χ1) is 11.1. The molecule has 0 aromatic heterocycles. The van der Waals surface area contributed by atoms with E-state index in [1.54, 1.807) is 0 Å². The van der Waals surface area contributed by atoms with Gasteiger partial charge in [0.15, 0.2) is 0 Å². The van der Waals surface area contributed by atoms with Crippen LogP contribution in [0.1, 0.15) is 40.0 Å². The average Bonchev–Trinajstić information content (AvgIpc) is 2.56. The predicted octanol–water partition coefficient (Wildman–Crippen LogP) is 2.33. The highest BCUT2D eigenvalue weighted by Gasteiger charge is 2.25. The Kier molecular flexibility index (Phi) is 13.1. The number of ether oxygens (including phenoxy) is 1. The number of carbonyl (C=O) groups excluding carboxylic acids is 1. The van der Waals surface area contributed by atoms with Crippen LogP contribution in [0.2, 0.25) is 0 Å². The van der Waals surface area contributed by atoms with Crippen LogP contribution in [-0.4, -0.2) is 62.8 Å². The van der Waals surface area contributed by atoms with Crippen LogP contribution in [0.4, 0.5) is 0 Å². The molecule has 25 heavy (non-hydrogen) atoms. The molecule has 0 aromatic rings. The molecular formula is C18H37Cl2N3O2. The standard InChI is InChI=1S/C18H35N3O2.2ClH/c1-14(2)17(21-8-10-23-11-9-21)13-20-18(22)12-15(3)16-4-6-19-7-5-16;;/h14-17,19H,4-13H2,1-3H3,(H,20,22);2*1H. The first-order valence-electron chi connectivity index (χ1n) is 9.37. The van der Waals surface area contributed by atoms with Gasteiger partial charge in [0.1, 0.15) is 0 Å². The van der Waals surface area contributed by atoms with Gasteiger partial charge in [-0.15, -0.1) is 24.8 Å². The first kappa shape index (κ1) is 24.9. The first-order valence-corrected chi connectivity index (χ1v) is 9.37. The third kappa shape index (κ3) is 8.44. The highest BCUT2D eigenvalue weighted by molar-refractivity contribution is 5.85. The highest BCUT2D eigenvalue weighted by atomic mass is 35.5. The van der Waals surface area contributed by atoms with Gasteiger partial charge in [0.05, 0.1) is 13.2 Å². The Labute approximate surface area is 165 Å². The number of piperidine rings is 1. The van der Waals surface area contributed by atoms with Crippen LogP contribution in [0.5, 0.6) is 0 Å². The second-order valence-electron chi connectivity index (χ2n) is 7.53. The summed E-state index contributed by atoms with van der Waals surface area (Å²) < 4.78 is 5.44. The number of rotatable bonds is 7. The number of hydrogen-bond donors (Lipinski definition) is 2. The molecule has 2 fully saturated rings. The van der Waals surface area contributed by atoms with Gasteiger partial charge >= 0.3 is 0 Å². The van der Waals surface area contributed by atoms with Crippen LogP contribution >= 0.6 is 24.8 Å². The number of carbonyl (C=O) groups is 1. The van der Waals surface area contributed by atoms with Gasteiger partial charge in [-0.1, -0.05) is 20.8 Å². The number of halogens is 2. The Morgan fingerprint density at radius 2 is 1.76 bits per heavy atom. The topological polar surface area (TPSA) is 53.6 Å². The summed E-state index contributed by atoms with van der Waals surface area (Å²) in [7, 11) is 0. The molecule has 2 aliphatic heterocycles. The monoisotopic (exact) mass is 397 g/mol. The number of hydrogen-bond acceptors (Lipinski definition) is 4. The van der Waals surface area contributed by atoms with E-state index in [9.17, 15) is 4.79 Å². The minimum atomic E-state index is 0. The van der Waals surface area contributed by atoms with Gasteiger partial charge in [-0.25, -0.2) is 0 Å². The van der Waals surface area contributed by atoms with Crippen molar-refractivity contribution in [3.8, 4) is 0 Å². The smallest absolute Gasteiger partial charge is 0.220 e. The molecule has 0 radical (unpaired) electrons. The maximum atomic E-state index is 12.3. The molecule has 2 unspecified atom stereocenters. The summed E-state index contributed by atoms with van der Waals surface area (Å²) in [6.45, 7) is 13.2. The molecule has 0 spiro atoms. The van der Waals surface area contributed by atoms with Crippen molar-refractivity contribution in [2.45, 2.75) is 46.1 Å². The molecule has 2 saturated heterocycles. The maximum Gasteiger partial charge on any atom is 0.220 e. The fourth-order valence-corrected chi connectivity index (χ4v) is 3.86. The van der Waals surface area contributed by atoms with Gasteiger partial charge in [-0.05, 0) is 43.7 Å². The summed E-state index contributed by atoms with van der Waals surface area (Å²) in [5.41, 5.74) is 0. The summed E-state index contributed by atoms with van der Waals surface area (Å²) >= 11 is 0. The Hall–Kier alpha value is -0.0700. The second-order valence-corrected chi connectivity index (χ2v) is 7.53. The Morgan fingerprint density at radius 1 is 1.16 bits per heavy atom. The van der Waals surface area contributed by atoms with Gasteiger partial charge in [0.25, 0.3) is 0 Å². The lowest BCUT2D eigenvalue weighted by atomic mass is 9.84. The summed E-state index contributed by atoms with van der Waals surface area (Å²) in [6, 6.07) is 0.414. The number of amides is 1. The summed E-state index contributed by atoms with van der Waals surface area (Å²) in [4.78, 5) is 14.8. The summed E-state index contributed by atoms with van der Waals surface area (Å²) in [6.07, 6.45) is 3.08. The lowest BCUT2D eigenvalue weighted by Gasteiger charge is -2.37. The molecule has 2 N–H and O–H groups in total. The van der Waals surface area contributed by atoms with Crippen LogP contribution < -0.4 is 10.6 Å². The number of nitrogens with zero attached hydrogens (tertiary/aromatic N) is 1. The van der Waals surface area contributed by atoms with Gasteiger partial charge in [0, 0.05) is 32.1 Å². The fraction of sp³-hybridized carbons (Fsp3) is 0.944. The zero-order chi connectivity index (χ0) is 16.7. The molecule has 2 rings (SSSR count). The van der Waals surface area contributed by atoms with Gasteiger partial charge < -0.3 is 15.4 Å². The van der Waals surface area contributed by atoms with E-state index in [1.807, 2.05) is 0 Å². The largest absolute Gasteiger partial charge is 0.379 e. The van der Waals surface area contributed by atoms with E-state index in [4.69, 9.17) is 4.74 Å². The predicted molar refractivity (Wildman–Crippen MR) is 108 cm³/mol. The Bertz CT molecular complexity index is 360. The normalized spacial score (nSPS) is 21.8. The summed E-state index contributed by atoms with van der Waals surface area (Å²) in [5, 5.41) is 6.59. The van der Waals surface area contributed by atoms with Crippen molar-refractivity contribution in [2.75, 3.05) is 45.9 Å². The third-order valence-electron chi connectivity index (χ3n) is 5.49. The molecular weight excluding hydrogens is 361 g/mol. The van der Waals surface area contributed by atoms with Crippen molar-refractivity contribution in [1.29, 1.82) is 0 Å². The molecule has 150 valence electrons. The Balaban J connectivity index is 0.00000288. The minimum Gasteiger partial charge on any atom is -0.379 e. The zero-order valence-corrected chi connectivity index (χ0v) is 17.6.